The predicted octanol–water partition coefficient (Wildman–Crippen LogP) is 3.27. The Labute approximate surface area is 136 Å². The first-order chi connectivity index (χ1) is 11.3. The first kappa shape index (κ1) is 14.2. The van der Waals surface area contributed by atoms with Crippen molar-refractivity contribution in [3.05, 3.63) is 71.5 Å². The molecule has 0 atom stereocenters. The van der Waals surface area contributed by atoms with Crippen LogP contribution in [0.4, 0.5) is 0 Å². The summed E-state index contributed by atoms with van der Waals surface area (Å²) in [6.07, 6.45) is 1.83. The molecule has 0 amide bonds. The van der Waals surface area contributed by atoms with E-state index in [1.54, 1.807) is 0 Å². The average Bonchev–Trinajstić information content (AvgIpc) is 2.93. The molecule has 1 aromatic carbocycles. The Morgan fingerprint density at radius 3 is 2.61 bits per heavy atom. The Hall–Kier alpha value is -2.46. The van der Waals surface area contributed by atoms with Crippen LogP contribution in [0.25, 0.3) is 11.4 Å². The van der Waals surface area contributed by atoms with E-state index in [4.69, 9.17) is 5.10 Å². The number of aromatic nitrogens is 3. The Kier molecular flexibility index (Phi) is 3.67. The van der Waals surface area contributed by atoms with Crippen LogP contribution in [0.2, 0.25) is 0 Å². The highest BCUT2D eigenvalue weighted by molar-refractivity contribution is 5.59. The second-order valence-electron chi connectivity index (χ2n) is 6.05. The second kappa shape index (κ2) is 5.97. The van der Waals surface area contributed by atoms with Crippen molar-refractivity contribution >= 4 is 0 Å². The van der Waals surface area contributed by atoms with Gasteiger partial charge < -0.3 is 0 Å². The Morgan fingerprint density at radius 2 is 1.83 bits per heavy atom. The van der Waals surface area contributed by atoms with Crippen LogP contribution in [0, 0.1) is 6.92 Å². The Morgan fingerprint density at radius 1 is 1.00 bits per heavy atom. The van der Waals surface area contributed by atoms with Crippen LogP contribution >= 0.6 is 0 Å². The number of hydrogen-bond donors (Lipinski definition) is 0. The molecule has 1 aliphatic heterocycles. The summed E-state index contributed by atoms with van der Waals surface area (Å²) in [5, 5.41) is 4.79. The summed E-state index contributed by atoms with van der Waals surface area (Å²) in [5.74, 6) is 0. The number of hydrogen-bond acceptors (Lipinski definition) is 3. The van der Waals surface area contributed by atoms with Gasteiger partial charge in [-0.05, 0) is 24.6 Å². The third-order valence-corrected chi connectivity index (χ3v) is 4.48. The largest absolute Gasteiger partial charge is 0.291 e. The maximum atomic E-state index is 4.79. The quantitative estimate of drug-likeness (QED) is 0.745. The molecule has 1 aliphatic rings. The molecular weight excluding hydrogens is 284 g/mol. The average molecular weight is 304 g/mol. The van der Waals surface area contributed by atoms with Crippen LogP contribution in [-0.4, -0.2) is 26.2 Å². The van der Waals surface area contributed by atoms with E-state index in [2.05, 4.69) is 51.8 Å². The zero-order valence-corrected chi connectivity index (χ0v) is 13.3. The molecule has 0 aliphatic carbocycles. The molecule has 0 fully saturated rings. The molecule has 4 heteroatoms. The molecule has 0 saturated carbocycles. The number of rotatable bonds is 3. The van der Waals surface area contributed by atoms with Gasteiger partial charge in [0.1, 0.15) is 5.69 Å². The van der Waals surface area contributed by atoms with Crippen molar-refractivity contribution in [3.8, 4) is 11.4 Å². The minimum absolute atomic E-state index is 0.940. The van der Waals surface area contributed by atoms with Crippen LogP contribution < -0.4 is 0 Å². The van der Waals surface area contributed by atoms with Crippen LogP contribution in [-0.2, 0) is 19.6 Å². The topological polar surface area (TPSA) is 34.0 Å². The highest BCUT2D eigenvalue weighted by atomic mass is 15.3. The molecule has 0 N–H and O–H groups in total. The minimum Gasteiger partial charge on any atom is -0.291 e. The minimum atomic E-state index is 0.940. The fourth-order valence-electron chi connectivity index (χ4n) is 3.22. The van der Waals surface area contributed by atoms with Crippen molar-refractivity contribution in [1.82, 2.24) is 19.7 Å². The van der Waals surface area contributed by atoms with Gasteiger partial charge in [-0.2, -0.15) is 5.10 Å². The smallest absolute Gasteiger partial charge is 0.114 e. The summed E-state index contributed by atoms with van der Waals surface area (Å²) < 4.78 is 2.15. The fraction of sp³-hybridized carbons (Fsp3) is 0.263. The van der Waals surface area contributed by atoms with Gasteiger partial charge in [0.25, 0.3) is 0 Å². The molecule has 3 aromatic rings. The van der Waals surface area contributed by atoms with Gasteiger partial charge in [0.15, 0.2) is 0 Å². The molecule has 4 nitrogen and oxygen atoms in total. The summed E-state index contributed by atoms with van der Waals surface area (Å²) >= 11 is 0. The van der Waals surface area contributed by atoms with Gasteiger partial charge >= 0.3 is 0 Å². The number of benzene rings is 1. The van der Waals surface area contributed by atoms with E-state index in [0.717, 1.165) is 37.6 Å². The number of pyridine rings is 1. The van der Waals surface area contributed by atoms with Crippen LogP contribution in [0.5, 0.6) is 0 Å². The highest BCUT2D eigenvalue weighted by Crippen LogP contribution is 2.26. The lowest BCUT2D eigenvalue weighted by Gasteiger charge is -2.28. The van der Waals surface area contributed by atoms with Crippen LogP contribution in [0.15, 0.2) is 54.7 Å². The first-order valence-corrected chi connectivity index (χ1v) is 8.05. The molecule has 0 unspecified atom stereocenters. The van der Waals surface area contributed by atoms with Gasteiger partial charge in [-0.1, -0.05) is 36.4 Å². The van der Waals surface area contributed by atoms with E-state index in [0.29, 0.717) is 0 Å². The van der Waals surface area contributed by atoms with Gasteiger partial charge in [0.2, 0.25) is 0 Å². The predicted molar refractivity (Wildman–Crippen MR) is 90.8 cm³/mol. The van der Waals surface area contributed by atoms with Gasteiger partial charge in [-0.3, -0.25) is 14.6 Å². The van der Waals surface area contributed by atoms with E-state index in [1.165, 1.54) is 16.8 Å². The summed E-state index contributed by atoms with van der Waals surface area (Å²) in [4.78, 5) is 6.94. The van der Waals surface area contributed by atoms with Crippen molar-refractivity contribution in [3.63, 3.8) is 0 Å². The van der Waals surface area contributed by atoms with Gasteiger partial charge in [-0.15, -0.1) is 0 Å². The van der Waals surface area contributed by atoms with E-state index < -0.39 is 0 Å². The van der Waals surface area contributed by atoms with Crippen LogP contribution in [0.1, 0.15) is 16.8 Å². The zero-order valence-electron chi connectivity index (χ0n) is 13.3. The fourth-order valence-corrected chi connectivity index (χ4v) is 3.22. The van der Waals surface area contributed by atoms with Crippen molar-refractivity contribution in [2.45, 2.75) is 26.6 Å². The van der Waals surface area contributed by atoms with E-state index in [9.17, 15) is 0 Å². The lowest BCUT2D eigenvalue weighted by Crippen LogP contribution is -2.33. The Bertz CT molecular complexity index is 793. The third-order valence-electron chi connectivity index (χ3n) is 4.48. The van der Waals surface area contributed by atoms with Crippen LogP contribution in [0.3, 0.4) is 0 Å². The normalized spacial score (nSPS) is 14.7. The summed E-state index contributed by atoms with van der Waals surface area (Å²) in [6.45, 7) is 6.07. The molecule has 0 spiro atoms. The summed E-state index contributed by atoms with van der Waals surface area (Å²) in [7, 11) is 0. The molecular formula is C19H20N4. The molecule has 2 aromatic heterocycles. The molecule has 0 bridgehead atoms. The first-order valence-electron chi connectivity index (χ1n) is 8.05. The van der Waals surface area contributed by atoms with Crippen molar-refractivity contribution in [2.75, 3.05) is 6.54 Å². The molecule has 0 saturated heterocycles. The van der Waals surface area contributed by atoms with Crippen molar-refractivity contribution in [1.29, 1.82) is 0 Å². The highest BCUT2D eigenvalue weighted by Gasteiger charge is 2.22. The molecule has 23 heavy (non-hydrogen) atoms. The number of nitrogens with zero attached hydrogens (tertiary/aromatic N) is 4. The van der Waals surface area contributed by atoms with Gasteiger partial charge in [-0.25, -0.2) is 0 Å². The van der Waals surface area contributed by atoms with Crippen molar-refractivity contribution in [2.24, 2.45) is 0 Å². The molecule has 116 valence electrons. The second-order valence-corrected chi connectivity index (χ2v) is 6.05. The summed E-state index contributed by atoms with van der Waals surface area (Å²) in [5.41, 5.74) is 5.90. The SMILES string of the molecule is Cc1c(-c2ccccn2)nn2c1CN(Cc1ccccc1)CC2. The van der Waals surface area contributed by atoms with E-state index in [-0.39, 0.29) is 0 Å². The number of fused-ring (bicyclic) bond motifs is 1. The monoisotopic (exact) mass is 304 g/mol. The van der Waals surface area contributed by atoms with Gasteiger partial charge in [0.05, 0.1) is 17.9 Å². The molecule has 0 radical (unpaired) electrons. The maximum Gasteiger partial charge on any atom is 0.114 e. The lowest BCUT2D eigenvalue weighted by molar-refractivity contribution is 0.204. The zero-order chi connectivity index (χ0) is 15.6. The third kappa shape index (κ3) is 2.78. The molecule has 3 heterocycles. The molecule has 4 rings (SSSR count). The standard InChI is InChI=1S/C19H20N4/c1-15-18-14-22(13-16-7-3-2-4-8-16)11-12-23(18)21-19(15)17-9-5-6-10-20-17/h2-10H,11-14H2,1H3. The van der Waals surface area contributed by atoms with Gasteiger partial charge in [0, 0.05) is 31.4 Å². The summed E-state index contributed by atoms with van der Waals surface area (Å²) in [6, 6.07) is 16.7. The van der Waals surface area contributed by atoms with E-state index >= 15 is 0 Å². The maximum absolute atomic E-state index is 4.79. The van der Waals surface area contributed by atoms with Crippen molar-refractivity contribution < 1.29 is 0 Å². The van der Waals surface area contributed by atoms with E-state index in [1.807, 2.05) is 24.4 Å². The lowest BCUT2D eigenvalue weighted by atomic mass is 10.1. The Balaban J connectivity index is 1.59.